The van der Waals surface area contributed by atoms with Gasteiger partial charge >= 0.3 is 0 Å². The first-order valence-corrected chi connectivity index (χ1v) is 3.57. The summed E-state index contributed by atoms with van der Waals surface area (Å²) in [5.41, 5.74) is 1.17. The second kappa shape index (κ2) is 2.14. The van der Waals surface area contributed by atoms with Crippen molar-refractivity contribution in [2.24, 2.45) is 7.05 Å². The fourth-order valence-corrected chi connectivity index (χ4v) is 1.20. The van der Waals surface area contributed by atoms with E-state index >= 15 is 0 Å². The molecule has 0 N–H and O–H groups in total. The van der Waals surface area contributed by atoms with Crippen molar-refractivity contribution in [2.45, 2.75) is 13.8 Å². The Morgan fingerprint density at radius 2 is 2.00 bits per heavy atom. The van der Waals surface area contributed by atoms with Gasteiger partial charge in [-0.1, -0.05) is 0 Å². The van der Waals surface area contributed by atoms with Crippen LogP contribution in [-0.2, 0) is 7.05 Å². The van der Waals surface area contributed by atoms with Crippen molar-refractivity contribution < 1.29 is 0 Å². The molecule has 0 fully saturated rings. The molecule has 1 aromatic rings. The molecule has 0 bridgehead atoms. The van der Waals surface area contributed by atoms with E-state index in [0.29, 0.717) is 0 Å². The summed E-state index contributed by atoms with van der Waals surface area (Å²) in [7, 11) is 2.00. The second-order valence-electron chi connectivity index (χ2n) is 2.09. The molecule has 3 heteroatoms. The highest BCUT2D eigenvalue weighted by Crippen LogP contribution is 2.13. The van der Waals surface area contributed by atoms with Gasteiger partial charge in [-0.3, -0.25) is 0 Å². The molecule has 1 aromatic heterocycles. The van der Waals surface area contributed by atoms with Crippen LogP contribution >= 0.6 is 15.9 Å². The maximum Gasteiger partial charge on any atom is 0.127 e. The Hall–Kier alpha value is -0.310. The fourth-order valence-electron chi connectivity index (χ4n) is 0.679. The van der Waals surface area contributed by atoms with Gasteiger partial charge in [0.1, 0.15) is 10.4 Å². The molecule has 0 amide bonds. The van der Waals surface area contributed by atoms with E-state index in [9.17, 15) is 0 Å². The van der Waals surface area contributed by atoms with Gasteiger partial charge in [0.15, 0.2) is 0 Å². The van der Waals surface area contributed by atoms with Crippen molar-refractivity contribution in [1.82, 2.24) is 9.55 Å². The van der Waals surface area contributed by atoms with E-state index < -0.39 is 0 Å². The first-order chi connectivity index (χ1) is 4.13. The molecule has 2 nitrogen and oxygen atoms in total. The first kappa shape index (κ1) is 6.81. The first-order valence-electron chi connectivity index (χ1n) is 2.78. The summed E-state index contributed by atoms with van der Waals surface area (Å²) in [5, 5.41) is 0. The lowest BCUT2D eigenvalue weighted by molar-refractivity contribution is 0.827. The zero-order valence-corrected chi connectivity index (χ0v) is 7.36. The molecule has 0 aliphatic rings. The maximum absolute atomic E-state index is 4.19. The van der Waals surface area contributed by atoms with Crippen LogP contribution in [0, 0.1) is 13.8 Å². The van der Waals surface area contributed by atoms with Crippen LogP contribution in [0.1, 0.15) is 11.5 Å². The Morgan fingerprint density at radius 1 is 1.44 bits per heavy atom. The predicted molar refractivity (Wildman–Crippen MR) is 40.4 cm³/mol. The molecule has 50 valence electrons. The molecule has 0 saturated heterocycles. The third kappa shape index (κ3) is 1.01. The molecule has 9 heavy (non-hydrogen) atoms. The van der Waals surface area contributed by atoms with Crippen molar-refractivity contribution in [3.8, 4) is 0 Å². The van der Waals surface area contributed by atoms with Crippen LogP contribution in [0.5, 0.6) is 0 Å². The Labute approximate surface area is 63.0 Å². The van der Waals surface area contributed by atoms with E-state index in [1.807, 2.05) is 25.5 Å². The monoisotopic (exact) mass is 188 g/mol. The predicted octanol–water partition coefficient (Wildman–Crippen LogP) is 1.80. The highest BCUT2D eigenvalue weighted by Gasteiger charge is 2.02. The number of hydrogen-bond donors (Lipinski definition) is 0. The van der Waals surface area contributed by atoms with Crippen LogP contribution in [0.15, 0.2) is 4.60 Å². The van der Waals surface area contributed by atoms with Crippen LogP contribution in [-0.4, -0.2) is 9.55 Å². The summed E-state index contributed by atoms with van der Waals surface area (Å²) < 4.78 is 2.99. The average Bonchev–Trinajstić information content (AvgIpc) is 1.98. The third-order valence-electron chi connectivity index (χ3n) is 1.55. The lowest BCUT2D eigenvalue weighted by Gasteiger charge is -1.94. The molecule has 0 unspecified atom stereocenters. The molecule has 0 aliphatic carbocycles. The molecular formula is C6H9BrN2. The molecule has 1 rings (SSSR count). The molecular weight excluding hydrogens is 180 g/mol. The van der Waals surface area contributed by atoms with Gasteiger partial charge in [0.2, 0.25) is 0 Å². The highest BCUT2D eigenvalue weighted by molar-refractivity contribution is 9.10. The van der Waals surface area contributed by atoms with Gasteiger partial charge < -0.3 is 4.57 Å². The van der Waals surface area contributed by atoms with Crippen LogP contribution in [0.4, 0.5) is 0 Å². The number of aryl methyl sites for hydroxylation is 1. The van der Waals surface area contributed by atoms with Gasteiger partial charge in [-0.05, 0) is 29.8 Å². The Balaban J connectivity index is 3.29. The zero-order valence-electron chi connectivity index (χ0n) is 5.77. The second-order valence-corrected chi connectivity index (χ2v) is 2.85. The molecule has 0 aromatic carbocycles. The zero-order chi connectivity index (χ0) is 7.02. The highest BCUT2D eigenvalue weighted by atomic mass is 79.9. The summed E-state index contributed by atoms with van der Waals surface area (Å²) in [4.78, 5) is 4.19. The average molecular weight is 189 g/mol. The molecule has 0 radical (unpaired) electrons. The van der Waals surface area contributed by atoms with E-state index in [1.54, 1.807) is 0 Å². The van der Waals surface area contributed by atoms with E-state index in [2.05, 4.69) is 20.9 Å². The van der Waals surface area contributed by atoms with Gasteiger partial charge in [0.25, 0.3) is 0 Å². The quantitative estimate of drug-likeness (QED) is 0.608. The van der Waals surface area contributed by atoms with E-state index in [4.69, 9.17) is 0 Å². The number of hydrogen-bond acceptors (Lipinski definition) is 1. The molecule has 1 heterocycles. The third-order valence-corrected chi connectivity index (χ3v) is 2.30. The van der Waals surface area contributed by atoms with E-state index in [1.165, 1.54) is 5.69 Å². The van der Waals surface area contributed by atoms with Gasteiger partial charge in [0, 0.05) is 12.7 Å². The summed E-state index contributed by atoms with van der Waals surface area (Å²) in [5.74, 6) is 1.04. The number of nitrogens with zero attached hydrogens (tertiary/aromatic N) is 2. The Morgan fingerprint density at radius 3 is 2.11 bits per heavy atom. The Kier molecular flexibility index (Phi) is 1.62. The smallest absolute Gasteiger partial charge is 0.127 e. The maximum atomic E-state index is 4.19. The van der Waals surface area contributed by atoms with Gasteiger partial charge in [0.05, 0.1) is 0 Å². The van der Waals surface area contributed by atoms with Crippen LogP contribution in [0.2, 0.25) is 0 Å². The van der Waals surface area contributed by atoms with Crippen molar-refractivity contribution in [1.29, 1.82) is 0 Å². The minimum absolute atomic E-state index is 0.947. The topological polar surface area (TPSA) is 17.8 Å². The van der Waals surface area contributed by atoms with Crippen molar-refractivity contribution in [3.05, 3.63) is 16.1 Å². The molecule has 0 aliphatic heterocycles. The van der Waals surface area contributed by atoms with Crippen molar-refractivity contribution in [3.63, 3.8) is 0 Å². The Bertz CT molecular complexity index is 205. The van der Waals surface area contributed by atoms with E-state index in [-0.39, 0.29) is 0 Å². The van der Waals surface area contributed by atoms with Gasteiger partial charge in [-0.2, -0.15) is 0 Å². The standard InChI is InChI=1S/C6H9BrN2/c1-4-6(7)8-5(2)9(4)3/h1-3H3. The SMILES string of the molecule is Cc1nc(Br)c(C)n1C. The minimum Gasteiger partial charge on any atom is -0.334 e. The summed E-state index contributed by atoms with van der Waals surface area (Å²) in [6.07, 6.45) is 0. The normalized spacial score (nSPS) is 10.2. The van der Waals surface area contributed by atoms with Gasteiger partial charge in [-0.15, -0.1) is 0 Å². The summed E-state index contributed by atoms with van der Waals surface area (Å²) in [6.45, 7) is 4.02. The number of aromatic nitrogens is 2. The molecule has 0 atom stereocenters. The van der Waals surface area contributed by atoms with E-state index in [0.717, 1.165) is 10.4 Å². The van der Waals surface area contributed by atoms with Gasteiger partial charge in [-0.25, -0.2) is 4.98 Å². The lowest BCUT2D eigenvalue weighted by Crippen LogP contribution is -1.92. The largest absolute Gasteiger partial charge is 0.334 e. The number of imidazole rings is 1. The molecule has 0 saturated carbocycles. The summed E-state index contributed by atoms with van der Waals surface area (Å²) >= 11 is 3.33. The fraction of sp³-hybridized carbons (Fsp3) is 0.500. The minimum atomic E-state index is 0.947. The number of halogens is 1. The number of rotatable bonds is 0. The lowest BCUT2D eigenvalue weighted by atomic mass is 10.5. The van der Waals surface area contributed by atoms with Crippen LogP contribution in [0.3, 0.4) is 0 Å². The van der Waals surface area contributed by atoms with Crippen molar-refractivity contribution >= 4 is 15.9 Å². The summed E-state index contributed by atoms with van der Waals surface area (Å²) in [6, 6.07) is 0. The van der Waals surface area contributed by atoms with Crippen molar-refractivity contribution in [2.75, 3.05) is 0 Å². The van der Waals surface area contributed by atoms with Crippen LogP contribution < -0.4 is 0 Å². The molecule has 0 spiro atoms. The van der Waals surface area contributed by atoms with Crippen LogP contribution in [0.25, 0.3) is 0 Å².